The molecule has 26 heavy (non-hydrogen) atoms. The van der Waals surface area contributed by atoms with Gasteiger partial charge < -0.3 is 10.2 Å². The maximum atomic E-state index is 12.8. The van der Waals surface area contributed by atoms with Crippen molar-refractivity contribution < 1.29 is 13.2 Å². The Balaban J connectivity index is 1.59. The molecule has 0 radical (unpaired) electrons. The van der Waals surface area contributed by atoms with E-state index in [-0.39, 0.29) is 10.8 Å². The Morgan fingerprint density at radius 2 is 1.85 bits per heavy atom. The third-order valence-corrected chi connectivity index (χ3v) is 7.03. The van der Waals surface area contributed by atoms with Crippen molar-refractivity contribution in [3.8, 4) is 0 Å². The van der Waals surface area contributed by atoms with Gasteiger partial charge in [0.05, 0.1) is 4.90 Å². The van der Waals surface area contributed by atoms with Crippen molar-refractivity contribution in [3.63, 3.8) is 0 Å². The van der Waals surface area contributed by atoms with Crippen molar-refractivity contribution in [2.45, 2.75) is 31.1 Å². The third kappa shape index (κ3) is 4.52. The Morgan fingerprint density at radius 1 is 1.15 bits per heavy atom. The number of hydrogen-bond acceptors (Lipinski definition) is 4. The average Bonchev–Trinajstić information content (AvgIpc) is 3.15. The number of nitrogens with one attached hydrogen (secondary N) is 1. The number of rotatable bonds is 6. The Kier molecular flexibility index (Phi) is 6.11. The smallest absolute Gasteiger partial charge is 0.243 e. The van der Waals surface area contributed by atoms with Gasteiger partial charge in [-0.2, -0.15) is 4.31 Å². The molecule has 1 N–H and O–H groups in total. The maximum Gasteiger partial charge on any atom is 0.243 e. The summed E-state index contributed by atoms with van der Waals surface area (Å²) in [6.45, 7) is 5.59. The number of anilines is 1. The van der Waals surface area contributed by atoms with Gasteiger partial charge in [0.25, 0.3) is 0 Å². The van der Waals surface area contributed by atoms with Crippen LogP contribution in [0.4, 0.5) is 5.69 Å². The van der Waals surface area contributed by atoms with Gasteiger partial charge in [-0.1, -0.05) is 19.1 Å². The Hall–Kier alpha value is -1.70. The highest BCUT2D eigenvalue weighted by atomic mass is 32.2. The molecule has 1 aliphatic heterocycles. The summed E-state index contributed by atoms with van der Waals surface area (Å²) in [5, 5.41) is 2.85. The molecule has 1 amide bonds. The third-order valence-electron chi connectivity index (χ3n) is 5.11. The van der Waals surface area contributed by atoms with Crippen LogP contribution in [0.25, 0.3) is 0 Å². The van der Waals surface area contributed by atoms with E-state index in [4.69, 9.17) is 0 Å². The van der Waals surface area contributed by atoms with Crippen LogP contribution in [0.3, 0.4) is 0 Å². The fourth-order valence-electron chi connectivity index (χ4n) is 3.46. The normalized spacial score (nSPS) is 21.8. The lowest BCUT2D eigenvalue weighted by Gasteiger charge is -2.33. The lowest BCUT2D eigenvalue weighted by molar-refractivity contribution is -0.116. The monoisotopic (exact) mass is 377 g/mol. The van der Waals surface area contributed by atoms with Crippen LogP contribution in [0.15, 0.2) is 41.3 Å². The van der Waals surface area contributed by atoms with Crippen LogP contribution in [-0.2, 0) is 14.8 Å². The van der Waals surface area contributed by atoms with Gasteiger partial charge in [0.15, 0.2) is 0 Å². The van der Waals surface area contributed by atoms with Gasteiger partial charge >= 0.3 is 0 Å². The van der Waals surface area contributed by atoms with Crippen LogP contribution in [0.5, 0.6) is 0 Å². The summed E-state index contributed by atoms with van der Waals surface area (Å²) in [5.74, 6) is 0.282. The Morgan fingerprint density at radius 3 is 2.42 bits per heavy atom. The largest absolute Gasteiger partial charge is 0.326 e. The van der Waals surface area contributed by atoms with Gasteiger partial charge in [-0.15, -0.1) is 0 Å². The minimum Gasteiger partial charge on any atom is -0.326 e. The molecule has 1 saturated heterocycles. The van der Waals surface area contributed by atoms with Crippen LogP contribution in [-0.4, -0.2) is 56.3 Å². The first kappa shape index (κ1) is 19.1. The number of carbonyl (C=O) groups is 1. The summed E-state index contributed by atoms with van der Waals surface area (Å²) in [7, 11) is -3.47. The van der Waals surface area contributed by atoms with E-state index < -0.39 is 10.0 Å². The predicted octanol–water partition coefficient (Wildman–Crippen LogP) is 2.31. The van der Waals surface area contributed by atoms with Gasteiger partial charge in [-0.3, -0.25) is 4.79 Å². The van der Waals surface area contributed by atoms with E-state index in [9.17, 15) is 13.2 Å². The van der Waals surface area contributed by atoms with Gasteiger partial charge in [-0.25, -0.2) is 8.42 Å². The second kappa shape index (κ2) is 8.33. The number of benzene rings is 1. The molecule has 0 bridgehead atoms. The molecule has 0 spiro atoms. The highest BCUT2D eigenvalue weighted by Gasteiger charge is 2.27. The van der Waals surface area contributed by atoms with E-state index in [0.29, 0.717) is 31.1 Å². The molecule has 1 atom stereocenters. The topological polar surface area (TPSA) is 69.7 Å². The second-order valence-corrected chi connectivity index (χ2v) is 8.82. The number of sulfonamides is 1. The first-order valence-corrected chi connectivity index (χ1v) is 10.7. The van der Waals surface area contributed by atoms with Crippen LogP contribution < -0.4 is 5.32 Å². The van der Waals surface area contributed by atoms with Crippen molar-refractivity contribution in [1.82, 2.24) is 9.21 Å². The Bertz CT molecular complexity index is 751. The molecule has 1 heterocycles. The molecule has 1 aromatic carbocycles. The number of nitrogens with zero attached hydrogens (tertiary/aromatic N) is 2. The summed E-state index contributed by atoms with van der Waals surface area (Å²) in [6, 6.07) is 6.48. The maximum absolute atomic E-state index is 12.8. The summed E-state index contributed by atoms with van der Waals surface area (Å²) >= 11 is 0. The van der Waals surface area contributed by atoms with Crippen molar-refractivity contribution in [1.29, 1.82) is 0 Å². The molecule has 3 rings (SSSR count). The lowest BCUT2D eigenvalue weighted by Crippen LogP contribution is -2.48. The highest BCUT2D eigenvalue weighted by molar-refractivity contribution is 7.89. The first-order valence-electron chi connectivity index (χ1n) is 9.28. The van der Waals surface area contributed by atoms with Gasteiger partial charge in [0.2, 0.25) is 15.9 Å². The zero-order chi connectivity index (χ0) is 18.6. The van der Waals surface area contributed by atoms with Crippen molar-refractivity contribution in [2.75, 3.05) is 38.0 Å². The molecule has 142 valence electrons. The molecular formula is C19H27N3O3S. The standard InChI is InChI=1S/C19H27N3O3S/c1-2-21-11-13-22(14-12-21)26(24,25)18-9-7-17(8-10-18)20-19(23)15-16-5-3-4-6-16/h3,5,7-10,16H,2,4,6,11-15H2,1H3,(H,20,23). The van der Waals surface area contributed by atoms with E-state index in [1.165, 1.54) is 0 Å². The zero-order valence-corrected chi connectivity index (χ0v) is 16.0. The lowest BCUT2D eigenvalue weighted by atomic mass is 10.1. The number of likely N-dealkylation sites (N-methyl/N-ethyl adjacent to an activating group) is 1. The summed E-state index contributed by atoms with van der Waals surface area (Å²) in [4.78, 5) is 14.6. The Labute approximate surface area is 155 Å². The molecule has 1 aliphatic carbocycles. The second-order valence-electron chi connectivity index (χ2n) is 6.88. The minimum atomic E-state index is -3.47. The minimum absolute atomic E-state index is 0.0344. The van der Waals surface area contributed by atoms with E-state index >= 15 is 0 Å². The highest BCUT2D eigenvalue weighted by Crippen LogP contribution is 2.22. The molecule has 0 aromatic heterocycles. The fourth-order valence-corrected chi connectivity index (χ4v) is 4.88. The molecule has 6 nitrogen and oxygen atoms in total. The molecule has 7 heteroatoms. The van der Waals surface area contributed by atoms with E-state index in [0.717, 1.165) is 32.5 Å². The van der Waals surface area contributed by atoms with Crippen LogP contribution in [0, 0.1) is 5.92 Å². The van der Waals surface area contributed by atoms with E-state index in [1.807, 2.05) is 0 Å². The van der Waals surface area contributed by atoms with Crippen LogP contribution in [0.1, 0.15) is 26.2 Å². The molecule has 1 unspecified atom stereocenters. The molecule has 0 saturated carbocycles. The van der Waals surface area contributed by atoms with E-state index in [1.54, 1.807) is 28.6 Å². The summed E-state index contributed by atoms with van der Waals surface area (Å²) in [5.41, 5.74) is 0.631. The summed E-state index contributed by atoms with van der Waals surface area (Å²) < 4.78 is 27.1. The summed E-state index contributed by atoms with van der Waals surface area (Å²) in [6.07, 6.45) is 6.73. The number of piperazine rings is 1. The number of amides is 1. The average molecular weight is 378 g/mol. The fraction of sp³-hybridized carbons (Fsp3) is 0.526. The van der Waals surface area contributed by atoms with E-state index in [2.05, 4.69) is 29.3 Å². The van der Waals surface area contributed by atoms with Crippen molar-refractivity contribution in [2.24, 2.45) is 5.92 Å². The molecule has 2 aliphatic rings. The van der Waals surface area contributed by atoms with Crippen LogP contribution in [0.2, 0.25) is 0 Å². The SMILES string of the molecule is CCN1CCN(S(=O)(=O)c2ccc(NC(=O)CC3C=CCC3)cc2)CC1. The predicted molar refractivity (Wildman–Crippen MR) is 102 cm³/mol. The number of carbonyl (C=O) groups excluding carboxylic acids is 1. The number of allylic oxidation sites excluding steroid dienone is 2. The molecule has 1 aromatic rings. The van der Waals surface area contributed by atoms with Crippen molar-refractivity contribution >= 4 is 21.6 Å². The molecular weight excluding hydrogens is 350 g/mol. The van der Waals surface area contributed by atoms with Gasteiger partial charge in [-0.05, 0) is 49.6 Å². The molecule has 1 fully saturated rings. The van der Waals surface area contributed by atoms with Crippen molar-refractivity contribution in [3.05, 3.63) is 36.4 Å². The quantitative estimate of drug-likeness (QED) is 0.773. The van der Waals surface area contributed by atoms with Gasteiger partial charge in [0.1, 0.15) is 0 Å². The van der Waals surface area contributed by atoms with Crippen LogP contribution >= 0.6 is 0 Å². The zero-order valence-electron chi connectivity index (χ0n) is 15.2. The first-order chi connectivity index (χ1) is 12.5. The van der Waals surface area contributed by atoms with Gasteiger partial charge in [0, 0.05) is 38.3 Å². The number of hydrogen-bond donors (Lipinski definition) is 1.